The van der Waals surface area contributed by atoms with Crippen molar-refractivity contribution in [1.82, 2.24) is 16.0 Å². The number of rotatable bonds is 16. The van der Waals surface area contributed by atoms with E-state index in [4.69, 9.17) is 19.3 Å². The van der Waals surface area contributed by atoms with E-state index in [1.807, 2.05) is 0 Å². The first-order valence-electron chi connectivity index (χ1n) is 9.14. The number of aliphatic carboxylic acids is 1. The van der Waals surface area contributed by atoms with Crippen molar-refractivity contribution in [2.45, 2.75) is 26.3 Å². The molecule has 0 rings (SSSR count). The maximum atomic E-state index is 11.9. The quantitative estimate of drug-likeness (QED) is 0.113. The molecule has 0 heterocycles. The summed E-state index contributed by atoms with van der Waals surface area (Å²) >= 11 is 0. The predicted molar refractivity (Wildman–Crippen MR) is 99.2 cm³/mol. The van der Waals surface area contributed by atoms with Gasteiger partial charge in [-0.2, -0.15) is 0 Å². The Morgan fingerprint density at radius 2 is 1.37 bits per heavy atom. The Bertz CT molecular complexity index is 605. The fourth-order valence-electron chi connectivity index (χ4n) is 1.88. The molecule has 0 saturated carbocycles. The summed E-state index contributed by atoms with van der Waals surface area (Å²) in [7, 11) is 0. The predicted octanol–water partition coefficient (Wildman–Crippen LogP) is -2.64. The highest BCUT2D eigenvalue weighted by atomic mass is 16.6. The van der Waals surface area contributed by atoms with E-state index in [2.05, 4.69) is 16.0 Å². The van der Waals surface area contributed by atoms with Gasteiger partial charge in [-0.05, 0) is 13.8 Å². The molecule has 1 amide bonds. The van der Waals surface area contributed by atoms with Gasteiger partial charge in [0.25, 0.3) is 0 Å². The average molecular weight is 433 g/mol. The molecule has 0 aliphatic carbocycles. The summed E-state index contributed by atoms with van der Waals surface area (Å²) < 4.78 is 14.2. The summed E-state index contributed by atoms with van der Waals surface area (Å²) in [5.41, 5.74) is 0. The van der Waals surface area contributed by atoms with Gasteiger partial charge in [0.05, 0.1) is 46.0 Å². The van der Waals surface area contributed by atoms with E-state index in [1.54, 1.807) is 13.8 Å². The average Bonchev–Trinajstić information content (AvgIpc) is 2.66. The number of carboxylic acid groups (broad SMARTS) is 1. The molecule has 0 spiro atoms. The number of Topliss-reactive ketones (excluding diaryl/α,β-unsaturated/α-hetero) is 1. The molecule has 0 fully saturated rings. The molecule has 0 saturated heterocycles. The molecule has 0 radical (unpaired) electrons. The van der Waals surface area contributed by atoms with Crippen LogP contribution in [-0.2, 0) is 43.0 Å². The summed E-state index contributed by atoms with van der Waals surface area (Å²) in [5, 5.41) is 15.4. The van der Waals surface area contributed by atoms with E-state index in [1.165, 1.54) is 0 Å². The number of hydrogen-bond acceptors (Lipinski definition) is 11. The normalized spacial score (nSPS) is 10.2. The maximum Gasteiger partial charge on any atom is 0.340 e. The van der Waals surface area contributed by atoms with Crippen LogP contribution in [0.2, 0.25) is 0 Å². The van der Waals surface area contributed by atoms with Crippen LogP contribution in [0.3, 0.4) is 0 Å². The van der Waals surface area contributed by atoms with Crippen LogP contribution in [-0.4, -0.2) is 92.7 Å². The molecule has 4 N–H and O–H groups in total. The monoisotopic (exact) mass is 433 g/mol. The Morgan fingerprint density at radius 3 is 1.90 bits per heavy atom. The minimum absolute atomic E-state index is 0.0115. The number of amides is 1. The topological polar surface area (TPSA) is 186 Å². The number of esters is 3. The van der Waals surface area contributed by atoms with Crippen molar-refractivity contribution in [2.75, 3.05) is 46.0 Å². The zero-order chi connectivity index (χ0) is 22.9. The first kappa shape index (κ1) is 26.9. The molecule has 170 valence electrons. The van der Waals surface area contributed by atoms with Crippen LogP contribution in [0.25, 0.3) is 0 Å². The van der Waals surface area contributed by atoms with E-state index >= 15 is 0 Å². The molecule has 0 aliphatic heterocycles. The summed E-state index contributed by atoms with van der Waals surface area (Å²) in [4.78, 5) is 68.7. The fraction of sp³-hybridized carbons (Fsp3) is 0.647. The molecule has 30 heavy (non-hydrogen) atoms. The largest absolute Gasteiger partial charge is 0.480 e. The Labute approximate surface area is 172 Å². The van der Waals surface area contributed by atoms with Crippen LogP contribution in [0, 0.1) is 0 Å². The van der Waals surface area contributed by atoms with Crippen LogP contribution in [0.1, 0.15) is 20.3 Å². The van der Waals surface area contributed by atoms with Gasteiger partial charge in [0.2, 0.25) is 11.9 Å². The van der Waals surface area contributed by atoms with Crippen molar-refractivity contribution < 1.29 is 48.1 Å². The number of hydrogen-bond donors (Lipinski definition) is 4. The minimum atomic E-state index is -1.61. The van der Waals surface area contributed by atoms with Gasteiger partial charge in [0.15, 0.2) is 0 Å². The molecule has 0 aromatic carbocycles. The van der Waals surface area contributed by atoms with Crippen LogP contribution >= 0.6 is 0 Å². The van der Waals surface area contributed by atoms with Crippen molar-refractivity contribution in [3.8, 4) is 0 Å². The molecular formula is C17H27N3O10. The highest BCUT2D eigenvalue weighted by Crippen LogP contribution is 1.95. The molecule has 0 unspecified atom stereocenters. The zero-order valence-electron chi connectivity index (χ0n) is 16.9. The Hall–Kier alpha value is -3.06. The van der Waals surface area contributed by atoms with Gasteiger partial charge in [-0.1, -0.05) is 0 Å². The van der Waals surface area contributed by atoms with Crippen molar-refractivity contribution in [3.63, 3.8) is 0 Å². The van der Waals surface area contributed by atoms with Gasteiger partial charge in [-0.15, -0.1) is 0 Å². The fourth-order valence-corrected chi connectivity index (χ4v) is 1.88. The van der Waals surface area contributed by atoms with Crippen molar-refractivity contribution in [3.05, 3.63) is 0 Å². The second kappa shape index (κ2) is 15.8. The van der Waals surface area contributed by atoms with E-state index in [0.717, 1.165) is 0 Å². The Balaban J connectivity index is 4.15. The standard InChI is InChI=1S/C17H27N3O10/c1-3-28-16(26)15(17(27)29-4-2)20-12(22)8-18-7-11(21)5-6-30-14(25)10-19-9-13(23)24/h15,18-19H,3-10H2,1-2H3,(H,20,22)(H,23,24). The smallest absolute Gasteiger partial charge is 0.340 e. The van der Waals surface area contributed by atoms with E-state index in [9.17, 15) is 28.8 Å². The number of carbonyl (C=O) groups is 6. The summed E-state index contributed by atoms with van der Waals surface area (Å²) in [6, 6.07) is -1.61. The van der Waals surface area contributed by atoms with Gasteiger partial charge < -0.3 is 30.0 Å². The van der Waals surface area contributed by atoms with Gasteiger partial charge in [0.1, 0.15) is 5.78 Å². The minimum Gasteiger partial charge on any atom is -0.480 e. The molecule has 0 bridgehead atoms. The van der Waals surface area contributed by atoms with Crippen LogP contribution in [0.4, 0.5) is 0 Å². The van der Waals surface area contributed by atoms with Crippen molar-refractivity contribution >= 4 is 35.6 Å². The lowest BCUT2D eigenvalue weighted by molar-refractivity contribution is -0.159. The number of ether oxygens (including phenoxy) is 3. The molecule has 13 nitrogen and oxygen atoms in total. The van der Waals surface area contributed by atoms with Gasteiger partial charge in [-0.3, -0.25) is 24.5 Å². The van der Waals surface area contributed by atoms with Gasteiger partial charge in [0, 0.05) is 6.42 Å². The first-order chi connectivity index (χ1) is 14.2. The number of nitrogens with one attached hydrogen (secondary N) is 3. The summed E-state index contributed by atoms with van der Waals surface area (Å²) in [6.45, 7) is 1.63. The second-order valence-corrected chi connectivity index (χ2v) is 5.61. The lowest BCUT2D eigenvalue weighted by Gasteiger charge is -2.16. The molecular weight excluding hydrogens is 406 g/mol. The third-order valence-electron chi connectivity index (χ3n) is 3.15. The van der Waals surface area contributed by atoms with Crippen LogP contribution < -0.4 is 16.0 Å². The highest BCUT2D eigenvalue weighted by Gasteiger charge is 2.31. The van der Waals surface area contributed by atoms with Gasteiger partial charge in [-0.25, -0.2) is 9.59 Å². The first-order valence-corrected chi connectivity index (χ1v) is 9.14. The van der Waals surface area contributed by atoms with Crippen LogP contribution in [0.5, 0.6) is 0 Å². The SMILES string of the molecule is CCOC(=O)C(NC(=O)CNCC(=O)CCOC(=O)CNCC(=O)O)C(=O)OCC. The van der Waals surface area contributed by atoms with Crippen LogP contribution in [0.15, 0.2) is 0 Å². The van der Waals surface area contributed by atoms with E-state index in [-0.39, 0.29) is 51.7 Å². The highest BCUT2D eigenvalue weighted by molar-refractivity contribution is 6.02. The van der Waals surface area contributed by atoms with Gasteiger partial charge >= 0.3 is 23.9 Å². The number of ketones is 1. The summed E-state index contributed by atoms with van der Waals surface area (Å²) in [5.74, 6) is -4.84. The van der Waals surface area contributed by atoms with Crippen molar-refractivity contribution in [1.29, 1.82) is 0 Å². The van der Waals surface area contributed by atoms with Crippen molar-refractivity contribution in [2.24, 2.45) is 0 Å². The second-order valence-electron chi connectivity index (χ2n) is 5.61. The zero-order valence-corrected chi connectivity index (χ0v) is 16.9. The third kappa shape index (κ3) is 13.2. The molecule has 0 atom stereocenters. The Kier molecular flexibility index (Phi) is 14.2. The maximum absolute atomic E-state index is 11.9. The Morgan fingerprint density at radius 1 is 0.800 bits per heavy atom. The summed E-state index contributed by atoms with van der Waals surface area (Å²) in [6.07, 6.45) is -0.117. The molecule has 0 aliphatic rings. The van der Waals surface area contributed by atoms with E-state index in [0.29, 0.717) is 0 Å². The lowest BCUT2D eigenvalue weighted by Crippen LogP contribution is -2.50. The van der Waals surface area contributed by atoms with E-state index < -0.39 is 42.4 Å². The third-order valence-corrected chi connectivity index (χ3v) is 3.15. The number of carboxylic acids is 1. The molecule has 13 heteroatoms. The molecule has 0 aromatic rings. The number of carbonyl (C=O) groups excluding carboxylic acids is 5. The molecule has 0 aromatic heterocycles. The lowest BCUT2D eigenvalue weighted by atomic mass is 10.3.